The van der Waals surface area contributed by atoms with Gasteiger partial charge in [-0.1, -0.05) is 0 Å². The topological polar surface area (TPSA) is 52.3 Å². The van der Waals surface area contributed by atoms with E-state index in [0.29, 0.717) is 24.2 Å². The van der Waals surface area contributed by atoms with E-state index in [1.807, 2.05) is 26.0 Å². The highest BCUT2D eigenvalue weighted by atomic mass is 16.5. The Kier molecular flexibility index (Phi) is 4.34. The third-order valence-electron chi connectivity index (χ3n) is 2.59. The molecule has 0 spiro atoms. The molecule has 0 atom stereocenters. The summed E-state index contributed by atoms with van der Waals surface area (Å²) >= 11 is 0. The maximum atomic E-state index is 12.0. The molecule has 4 nitrogen and oxygen atoms in total. The summed E-state index contributed by atoms with van der Waals surface area (Å²) in [4.78, 5) is 16.1. The first-order valence-electron chi connectivity index (χ1n) is 6.32. The molecule has 2 rings (SSSR count). The average Bonchev–Trinajstić information content (AvgIpc) is 2.88. The lowest BCUT2D eigenvalue weighted by Crippen LogP contribution is -2.07. The number of rotatable bonds is 6. The van der Waals surface area contributed by atoms with Gasteiger partial charge in [0, 0.05) is 24.6 Å². The minimum Gasteiger partial charge on any atom is -0.489 e. The third-order valence-corrected chi connectivity index (χ3v) is 2.59. The standard InChI is InChI=1S/C15H17NO3/c1-11(2)19-14-8-12(9-16-10-14)15(17)6-5-13-4-3-7-18-13/h3-4,7-11H,5-6H2,1-2H3. The average molecular weight is 259 g/mol. The van der Waals surface area contributed by atoms with Gasteiger partial charge in [0.1, 0.15) is 11.5 Å². The van der Waals surface area contributed by atoms with Crippen LogP contribution in [0.2, 0.25) is 0 Å². The Morgan fingerprint density at radius 3 is 2.95 bits per heavy atom. The Morgan fingerprint density at radius 2 is 2.26 bits per heavy atom. The minimum atomic E-state index is 0.0399. The lowest BCUT2D eigenvalue weighted by Gasteiger charge is -2.09. The van der Waals surface area contributed by atoms with Crippen LogP contribution in [0.1, 0.15) is 36.4 Å². The van der Waals surface area contributed by atoms with Crippen molar-refractivity contribution in [1.29, 1.82) is 0 Å². The molecule has 0 amide bonds. The van der Waals surface area contributed by atoms with E-state index in [9.17, 15) is 4.79 Å². The monoisotopic (exact) mass is 259 g/mol. The van der Waals surface area contributed by atoms with Crippen LogP contribution < -0.4 is 4.74 Å². The van der Waals surface area contributed by atoms with Crippen molar-refractivity contribution in [3.8, 4) is 5.75 Å². The summed E-state index contributed by atoms with van der Waals surface area (Å²) in [5.74, 6) is 1.48. The number of hydrogen-bond donors (Lipinski definition) is 0. The van der Waals surface area contributed by atoms with Gasteiger partial charge in [-0.25, -0.2) is 0 Å². The number of nitrogens with zero attached hydrogens (tertiary/aromatic N) is 1. The van der Waals surface area contributed by atoms with Gasteiger partial charge >= 0.3 is 0 Å². The van der Waals surface area contributed by atoms with Crippen molar-refractivity contribution in [1.82, 2.24) is 4.98 Å². The van der Waals surface area contributed by atoms with Crippen LogP contribution in [0.4, 0.5) is 0 Å². The summed E-state index contributed by atoms with van der Waals surface area (Å²) in [7, 11) is 0. The van der Waals surface area contributed by atoms with Crippen molar-refractivity contribution in [3.05, 3.63) is 48.2 Å². The Balaban J connectivity index is 1.98. The molecule has 0 aliphatic carbocycles. The van der Waals surface area contributed by atoms with Crippen LogP contribution >= 0.6 is 0 Å². The summed E-state index contributed by atoms with van der Waals surface area (Å²) in [5, 5.41) is 0. The molecule has 100 valence electrons. The molecule has 2 heterocycles. The van der Waals surface area contributed by atoms with Gasteiger partial charge in [-0.2, -0.15) is 0 Å². The van der Waals surface area contributed by atoms with Gasteiger partial charge in [0.05, 0.1) is 18.6 Å². The number of ether oxygens (including phenoxy) is 1. The van der Waals surface area contributed by atoms with E-state index in [2.05, 4.69) is 4.98 Å². The van der Waals surface area contributed by atoms with Crippen molar-refractivity contribution in [2.24, 2.45) is 0 Å². The normalized spacial score (nSPS) is 10.7. The van der Waals surface area contributed by atoms with Crippen molar-refractivity contribution in [2.75, 3.05) is 0 Å². The van der Waals surface area contributed by atoms with Crippen LogP contribution in [-0.4, -0.2) is 16.9 Å². The van der Waals surface area contributed by atoms with E-state index in [-0.39, 0.29) is 11.9 Å². The Labute approximate surface area is 112 Å². The zero-order valence-electron chi connectivity index (χ0n) is 11.1. The second-order valence-electron chi connectivity index (χ2n) is 4.58. The second-order valence-corrected chi connectivity index (χ2v) is 4.58. The molecule has 0 aliphatic rings. The number of aromatic nitrogens is 1. The fourth-order valence-electron chi connectivity index (χ4n) is 1.74. The highest BCUT2D eigenvalue weighted by molar-refractivity contribution is 5.96. The number of ketones is 1. The van der Waals surface area contributed by atoms with Gasteiger partial charge in [0.15, 0.2) is 5.78 Å². The Hall–Kier alpha value is -2.10. The van der Waals surface area contributed by atoms with Crippen molar-refractivity contribution in [2.45, 2.75) is 32.8 Å². The molecule has 0 radical (unpaired) electrons. The second kappa shape index (κ2) is 6.18. The molecule has 4 heteroatoms. The van der Waals surface area contributed by atoms with Crippen LogP contribution in [0.15, 0.2) is 41.3 Å². The SMILES string of the molecule is CC(C)Oc1cncc(C(=O)CCc2ccco2)c1. The summed E-state index contributed by atoms with van der Waals surface area (Å²) in [6.45, 7) is 3.87. The summed E-state index contributed by atoms with van der Waals surface area (Å²) < 4.78 is 10.7. The number of furan rings is 1. The van der Waals surface area contributed by atoms with Crippen LogP contribution in [-0.2, 0) is 6.42 Å². The first-order valence-corrected chi connectivity index (χ1v) is 6.32. The van der Waals surface area contributed by atoms with Crippen LogP contribution in [0.5, 0.6) is 5.75 Å². The number of hydrogen-bond acceptors (Lipinski definition) is 4. The third kappa shape index (κ3) is 3.95. The van der Waals surface area contributed by atoms with Crippen molar-refractivity contribution in [3.63, 3.8) is 0 Å². The molecule has 2 aromatic rings. The zero-order valence-corrected chi connectivity index (χ0v) is 11.1. The summed E-state index contributed by atoms with van der Waals surface area (Å²) in [5.41, 5.74) is 0.574. The fraction of sp³-hybridized carbons (Fsp3) is 0.333. The molecule has 0 saturated heterocycles. The lowest BCUT2D eigenvalue weighted by atomic mass is 10.1. The fourth-order valence-corrected chi connectivity index (χ4v) is 1.74. The van der Waals surface area contributed by atoms with E-state index in [4.69, 9.17) is 9.15 Å². The first-order chi connectivity index (χ1) is 9.15. The molecule has 0 N–H and O–H groups in total. The van der Waals surface area contributed by atoms with Gasteiger partial charge in [-0.05, 0) is 32.0 Å². The Morgan fingerprint density at radius 1 is 1.42 bits per heavy atom. The number of pyridine rings is 1. The molecule has 0 fully saturated rings. The van der Waals surface area contributed by atoms with Gasteiger partial charge in [0.25, 0.3) is 0 Å². The van der Waals surface area contributed by atoms with Gasteiger partial charge in [-0.3, -0.25) is 9.78 Å². The van der Waals surface area contributed by atoms with Crippen molar-refractivity contribution < 1.29 is 13.9 Å². The summed E-state index contributed by atoms with van der Waals surface area (Å²) in [6, 6.07) is 5.42. The molecule has 2 aromatic heterocycles. The molecule has 0 saturated carbocycles. The minimum absolute atomic E-state index is 0.0399. The molecule has 0 aromatic carbocycles. The van der Waals surface area contributed by atoms with Crippen LogP contribution in [0.25, 0.3) is 0 Å². The number of Topliss-reactive ketones (excluding diaryl/α,β-unsaturated/α-hetero) is 1. The molecule has 19 heavy (non-hydrogen) atoms. The largest absolute Gasteiger partial charge is 0.489 e. The highest BCUT2D eigenvalue weighted by Crippen LogP contribution is 2.15. The smallest absolute Gasteiger partial charge is 0.165 e. The van der Waals surface area contributed by atoms with E-state index >= 15 is 0 Å². The zero-order chi connectivity index (χ0) is 13.7. The number of carbonyl (C=O) groups is 1. The molecule has 0 aliphatic heterocycles. The van der Waals surface area contributed by atoms with Crippen LogP contribution in [0.3, 0.4) is 0 Å². The lowest BCUT2D eigenvalue weighted by molar-refractivity contribution is 0.0979. The molecular formula is C15H17NO3. The van der Waals surface area contributed by atoms with Gasteiger partial charge < -0.3 is 9.15 Å². The number of aryl methyl sites for hydroxylation is 1. The molecular weight excluding hydrogens is 242 g/mol. The van der Waals surface area contributed by atoms with Crippen molar-refractivity contribution >= 4 is 5.78 Å². The predicted octanol–water partition coefficient (Wildman–Crippen LogP) is 3.28. The number of carbonyl (C=O) groups excluding carboxylic acids is 1. The van der Waals surface area contributed by atoms with E-state index in [0.717, 1.165) is 5.76 Å². The van der Waals surface area contributed by atoms with E-state index in [1.54, 1.807) is 24.7 Å². The first kappa shape index (κ1) is 13.3. The predicted molar refractivity (Wildman–Crippen MR) is 71.4 cm³/mol. The quantitative estimate of drug-likeness (QED) is 0.747. The molecule has 0 bridgehead atoms. The van der Waals surface area contributed by atoms with Gasteiger partial charge in [-0.15, -0.1) is 0 Å². The van der Waals surface area contributed by atoms with E-state index < -0.39 is 0 Å². The maximum absolute atomic E-state index is 12.0. The van der Waals surface area contributed by atoms with Gasteiger partial charge in [0.2, 0.25) is 0 Å². The highest BCUT2D eigenvalue weighted by Gasteiger charge is 2.09. The molecule has 0 unspecified atom stereocenters. The van der Waals surface area contributed by atoms with E-state index in [1.165, 1.54) is 0 Å². The summed E-state index contributed by atoms with van der Waals surface area (Å²) in [6.07, 6.45) is 5.86. The Bertz CT molecular complexity index is 532. The maximum Gasteiger partial charge on any atom is 0.165 e. The van der Waals surface area contributed by atoms with Crippen LogP contribution in [0, 0.1) is 0 Å².